The molecule has 7 heteroatoms. The van der Waals surface area contributed by atoms with Crippen LogP contribution in [-0.2, 0) is 13.6 Å². The van der Waals surface area contributed by atoms with Crippen molar-refractivity contribution in [1.29, 1.82) is 0 Å². The molecule has 136 valence electrons. The van der Waals surface area contributed by atoms with Crippen molar-refractivity contribution in [3.05, 3.63) is 12.2 Å². The van der Waals surface area contributed by atoms with E-state index in [9.17, 15) is 0 Å². The maximum absolute atomic E-state index is 4.58. The lowest BCUT2D eigenvalue weighted by Gasteiger charge is -2.31. The van der Waals surface area contributed by atoms with E-state index in [1.807, 2.05) is 7.05 Å². The molecule has 0 atom stereocenters. The first kappa shape index (κ1) is 18.7. The highest BCUT2D eigenvalue weighted by Crippen LogP contribution is 2.21. The number of rotatable bonds is 8. The fraction of sp³-hybridized carbons (Fsp3) is 0.824. The third-order valence-electron chi connectivity index (χ3n) is 4.71. The maximum Gasteiger partial charge on any atom is 0.191 e. The Balaban J connectivity index is 1.69. The van der Waals surface area contributed by atoms with Crippen molar-refractivity contribution in [3.63, 3.8) is 0 Å². The number of guanidine groups is 1. The Kier molecular flexibility index (Phi) is 8.01. The van der Waals surface area contributed by atoms with Gasteiger partial charge in [0.1, 0.15) is 18.7 Å². The Bertz CT molecular complexity index is 491. The second-order valence-electron chi connectivity index (χ2n) is 6.55. The van der Waals surface area contributed by atoms with Gasteiger partial charge in [0.15, 0.2) is 5.96 Å². The van der Waals surface area contributed by atoms with Gasteiger partial charge in [-0.2, -0.15) is 5.10 Å². The van der Waals surface area contributed by atoms with E-state index in [0.29, 0.717) is 6.54 Å². The average molecular weight is 336 g/mol. The molecular formula is C17H33N7. The van der Waals surface area contributed by atoms with Gasteiger partial charge in [-0.25, -0.2) is 9.98 Å². The summed E-state index contributed by atoms with van der Waals surface area (Å²) in [5.74, 6) is 1.71. The molecule has 1 aliphatic rings. The van der Waals surface area contributed by atoms with E-state index in [1.54, 1.807) is 11.0 Å². The minimum atomic E-state index is 0.536. The molecule has 1 aliphatic carbocycles. The van der Waals surface area contributed by atoms with Crippen molar-refractivity contribution in [2.24, 2.45) is 12.0 Å². The van der Waals surface area contributed by atoms with E-state index in [1.165, 1.54) is 32.1 Å². The Morgan fingerprint density at radius 1 is 1.33 bits per heavy atom. The molecule has 0 saturated heterocycles. The summed E-state index contributed by atoms with van der Waals surface area (Å²) in [7, 11) is 4.16. The maximum atomic E-state index is 4.58. The van der Waals surface area contributed by atoms with Gasteiger partial charge < -0.3 is 15.5 Å². The standard InChI is InChI=1S/C17H33N7/c1-4-18-17(20-13-16-21-14-22-24(16)3)19-11-8-12-23(2)15-9-6-5-7-10-15/h14-15H,4-13H2,1-3H3,(H2,18,19,20). The van der Waals surface area contributed by atoms with Gasteiger partial charge in [0.2, 0.25) is 0 Å². The minimum absolute atomic E-state index is 0.536. The van der Waals surface area contributed by atoms with Crippen molar-refractivity contribution in [3.8, 4) is 0 Å². The van der Waals surface area contributed by atoms with Crippen LogP contribution in [0.1, 0.15) is 51.3 Å². The molecule has 0 bridgehead atoms. The molecule has 0 aromatic carbocycles. The van der Waals surface area contributed by atoms with Gasteiger partial charge in [0.25, 0.3) is 0 Å². The van der Waals surface area contributed by atoms with Crippen LogP contribution in [-0.4, -0.2) is 58.3 Å². The van der Waals surface area contributed by atoms with Gasteiger partial charge in [-0.3, -0.25) is 4.68 Å². The summed E-state index contributed by atoms with van der Waals surface area (Å²) in [6.07, 6.45) is 9.63. The minimum Gasteiger partial charge on any atom is -0.357 e. The SMILES string of the molecule is CCNC(=NCc1ncnn1C)NCCCN(C)C1CCCCC1. The van der Waals surface area contributed by atoms with E-state index in [4.69, 9.17) is 0 Å². The topological polar surface area (TPSA) is 70.4 Å². The molecule has 0 unspecified atom stereocenters. The zero-order valence-corrected chi connectivity index (χ0v) is 15.5. The monoisotopic (exact) mass is 335 g/mol. The highest BCUT2D eigenvalue weighted by atomic mass is 15.3. The number of aliphatic imine (C=N–C) groups is 1. The molecule has 0 amide bonds. The van der Waals surface area contributed by atoms with Gasteiger partial charge in [0, 0.05) is 26.2 Å². The predicted molar refractivity (Wildman–Crippen MR) is 97.9 cm³/mol. The van der Waals surface area contributed by atoms with Gasteiger partial charge >= 0.3 is 0 Å². The van der Waals surface area contributed by atoms with E-state index in [0.717, 1.165) is 43.9 Å². The molecule has 24 heavy (non-hydrogen) atoms. The van der Waals surface area contributed by atoms with Gasteiger partial charge in [0.05, 0.1) is 0 Å². The summed E-state index contributed by atoms with van der Waals surface area (Å²) >= 11 is 0. The van der Waals surface area contributed by atoms with Crippen molar-refractivity contribution in [1.82, 2.24) is 30.3 Å². The summed E-state index contributed by atoms with van der Waals surface area (Å²) in [5.41, 5.74) is 0. The van der Waals surface area contributed by atoms with E-state index in [2.05, 4.69) is 44.6 Å². The molecule has 1 aromatic heterocycles. The number of aromatic nitrogens is 3. The molecular weight excluding hydrogens is 302 g/mol. The molecule has 0 radical (unpaired) electrons. The Morgan fingerprint density at radius 3 is 2.79 bits per heavy atom. The lowest BCUT2D eigenvalue weighted by atomic mass is 9.94. The van der Waals surface area contributed by atoms with Crippen LogP contribution >= 0.6 is 0 Å². The van der Waals surface area contributed by atoms with Gasteiger partial charge in [-0.05, 0) is 39.8 Å². The fourth-order valence-electron chi connectivity index (χ4n) is 3.19. The lowest BCUT2D eigenvalue weighted by Crippen LogP contribution is -2.40. The van der Waals surface area contributed by atoms with Crippen LogP contribution in [0.3, 0.4) is 0 Å². The van der Waals surface area contributed by atoms with Gasteiger partial charge in [-0.1, -0.05) is 19.3 Å². The Labute approximate surface area is 145 Å². The zero-order chi connectivity index (χ0) is 17.2. The first-order valence-corrected chi connectivity index (χ1v) is 9.26. The number of nitrogens with zero attached hydrogens (tertiary/aromatic N) is 5. The first-order valence-electron chi connectivity index (χ1n) is 9.26. The van der Waals surface area contributed by atoms with Crippen LogP contribution in [0.2, 0.25) is 0 Å². The first-order chi connectivity index (χ1) is 11.7. The number of hydrogen-bond acceptors (Lipinski definition) is 4. The van der Waals surface area contributed by atoms with Crippen molar-refractivity contribution < 1.29 is 0 Å². The third-order valence-corrected chi connectivity index (χ3v) is 4.71. The van der Waals surface area contributed by atoms with Crippen LogP contribution in [0.5, 0.6) is 0 Å². The number of nitrogens with one attached hydrogen (secondary N) is 2. The van der Waals surface area contributed by atoms with Crippen molar-refractivity contribution in [2.75, 3.05) is 26.7 Å². The molecule has 1 heterocycles. The molecule has 7 nitrogen and oxygen atoms in total. The molecule has 1 fully saturated rings. The Morgan fingerprint density at radius 2 is 2.12 bits per heavy atom. The molecule has 1 aromatic rings. The molecule has 0 aliphatic heterocycles. The second-order valence-corrected chi connectivity index (χ2v) is 6.55. The number of hydrogen-bond donors (Lipinski definition) is 2. The summed E-state index contributed by atoms with van der Waals surface area (Å²) in [6, 6.07) is 0.788. The Hall–Kier alpha value is -1.63. The van der Waals surface area contributed by atoms with E-state index >= 15 is 0 Å². The second kappa shape index (κ2) is 10.3. The van der Waals surface area contributed by atoms with E-state index < -0.39 is 0 Å². The molecule has 1 saturated carbocycles. The average Bonchev–Trinajstić information content (AvgIpc) is 3.02. The smallest absolute Gasteiger partial charge is 0.191 e. The van der Waals surface area contributed by atoms with Crippen LogP contribution in [0.4, 0.5) is 0 Å². The van der Waals surface area contributed by atoms with Crippen LogP contribution in [0, 0.1) is 0 Å². The molecule has 2 rings (SSSR count). The van der Waals surface area contributed by atoms with Crippen LogP contribution in [0.15, 0.2) is 11.3 Å². The highest BCUT2D eigenvalue weighted by Gasteiger charge is 2.17. The van der Waals surface area contributed by atoms with Crippen LogP contribution in [0.25, 0.3) is 0 Å². The lowest BCUT2D eigenvalue weighted by molar-refractivity contribution is 0.190. The molecule has 0 spiro atoms. The quantitative estimate of drug-likeness (QED) is 0.428. The van der Waals surface area contributed by atoms with Crippen molar-refractivity contribution in [2.45, 2.75) is 58.0 Å². The highest BCUT2D eigenvalue weighted by molar-refractivity contribution is 5.79. The zero-order valence-electron chi connectivity index (χ0n) is 15.5. The summed E-state index contributed by atoms with van der Waals surface area (Å²) in [6.45, 7) is 5.54. The summed E-state index contributed by atoms with van der Waals surface area (Å²) in [4.78, 5) is 11.3. The van der Waals surface area contributed by atoms with E-state index in [-0.39, 0.29) is 0 Å². The summed E-state index contributed by atoms with van der Waals surface area (Å²) in [5, 5.41) is 10.8. The summed E-state index contributed by atoms with van der Waals surface area (Å²) < 4.78 is 1.76. The van der Waals surface area contributed by atoms with Crippen LogP contribution < -0.4 is 10.6 Å². The van der Waals surface area contributed by atoms with Crippen molar-refractivity contribution >= 4 is 5.96 Å². The van der Waals surface area contributed by atoms with Gasteiger partial charge in [-0.15, -0.1) is 0 Å². The largest absolute Gasteiger partial charge is 0.357 e. The third kappa shape index (κ3) is 6.11. The predicted octanol–water partition coefficient (Wildman–Crippen LogP) is 1.52. The normalized spacial score (nSPS) is 16.6. The fourth-order valence-corrected chi connectivity index (χ4v) is 3.19. The molecule has 2 N–H and O–H groups in total. The number of aryl methyl sites for hydroxylation is 1.